The molecule has 0 aliphatic heterocycles. The van der Waals surface area contributed by atoms with Crippen LogP contribution in [-0.2, 0) is 16.1 Å². The summed E-state index contributed by atoms with van der Waals surface area (Å²) >= 11 is 5.79. The van der Waals surface area contributed by atoms with E-state index in [4.69, 9.17) is 16.3 Å². The first kappa shape index (κ1) is 19.2. The molecule has 0 aliphatic carbocycles. The molecular formula is C19H18ClN3O3. The van der Waals surface area contributed by atoms with Crippen molar-refractivity contribution in [1.29, 1.82) is 0 Å². The van der Waals surface area contributed by atoms with E-state index in [2.05, 4.69) is 22.4 Å². The van der Waals surface area contributed by atoms with E-state index in [1.807, 2.05) is 0 Å². The van der Waals surface area contributed by atoms with Crippen molar-refractivity contribution in [3.63, 3.8) is 0 Å². The van der Waals surface area contributed by atoms with Crippen LogP contribution in [-0.4, -0.2) is 24.6 Å². The van der Waals surface area contributed by atoms with Gasteiger partial charge in [0, 0.05) is 11.6 Å². The van der Waals surface area contributed by atoms with Crippen molar-refractivity contribution in [3.8, 4) is 5.75 Å². The molecule has 0 saturated heterocycles. The Morgan fingerprint density at radius 3 is 2.65 bits per heavy atom. The largest absolute Gasteiger partial charge is 0.490 e. The highest BCUT2D eigenvalue weighted by Gasteiger charge is 2.11. The molecule has 0 fully saturated rings. The lowest BCUT2D eigenvalue weighted by Crippen LogP contribution is -2.37. The number of benzene rings is 2. The summed E-state index contributed by atoms with van der Waals surface area (Å²) in [5.74, 6) is -0.977. The van der Waals surface area contributed by atoms with Crippen molar-refractivity contribution in [2.45, 2.75) is 6.54 Å². The van der Waals surface area contributed by atoms with Crippen LogP contribution in [0.25, 0.3) is 0 Å². The van der Waals surface area contributed by atoms with E-state index in [1.54, 1.807) is 54.6 Å². The highest BCUT2D eigenvalue weighted by molar-refractivity contribution is 6.35. The number of hydrogen-bond donors (Lipinski definition) is 2. The average molecular weight is 372 g/mol. The van der Waals surface area contributed by atoms with Crippen molar-refractivity contribution in [2.75, 3.05) is 6.61 Å². The van der Waals surface area contributed by atoms with E-state index in [0.717, 1.165) is 5.56 Å². The van der Waals surface area contributed by atoms with Crippen molar-refractivity contribution in [1.82, 2.24) is 10.7 Å². The van der Waals surface area contributed by atoms with Gasteiger partial charge in [-0.25, -0.2) is 5.43 Å². The molecule has 134 valence electrons. The lowest BCUT2D eigenvalue weighted by molar-refractivity contribution is -0.139. The van der Waals surface area contributed by atoms with E-state index in [0.29, 0.717) is 22.9 Å². The lowest BCUT2D eigenvalue weighted by atomic mass is 10.2. The van der Waals surface area contributed by atoms with Crippen LogP contribution in [0, 0.1) is 0 Å². The monoisotopic (exact) mass is 371 g/mol. The summed E-state index contributed by atoms with van der Waals surface area (Å²) in [6, 6.07) is 14.1. The number of ether oxygens (including phenoxy) is 1. The minimum absolute atomic E-state index is 0.218. The zero-order valence-corrected chi connectivity index (χ0v) is 14.7. The second-order valence-electron chi connectivity index (χ2n) is 5.18. The van der Waals surface area contributed by atoms with Gasteiger partial charge in [0.25, 0.3) is 0 Å². The fraction of sp³-hybridized carbons (Fsp3) is 0.105. The Morgan fingerprint density at radius 2 is 1.92 bits per heavy atom. The predicted octanol–water partition coefficient (Wildman–Crippen LogP) is 2.67. The Bertz CT molecular complexity index is 804. The number of nitrogens with zero attached hydrogens (tertiary/aromatic N) is 1. The van der Waals surface area contributed by atoms with Gasteiger partial charge in [0.2, 0.25) is 0 Å². The number of amides is 2. The first-order valence-corrected chi connectivity index (χ1v) is 8.15. The molecule has 7 heteroatoms. The maximum atomic E-state index is 11.7. The van der Waals surface area contributed by atoms with E-state index in [1.165, 1.54) is 6.21 Å². The van der Waals surface area contributed by atoms with Gasteiger partial charge >= 0.3 is 11.8 Å². The summed E-state index contributed by atoms with van der Waals surface area (Å²) in [5, 5.41) is 6.88. The van der Waals surface area contributed by atoms with Crippen molar-refractivity contribution < 1.29 is 14.3 Å². The molecule has 0 bridgehead atoms. The zero-order valence-electron chi connectivity index (χ0n) is 13.9. The maximum Gasteiger partial charge on any atom is 0.329 e. The van der Waals surface area contributed by atoms with Crippen LogP contribution in [0.1, 0.15) is 11.1 Å². The SMILES string of the molecule is C=CCOc1cccc(/C=N\NC(=O)C(=O)NCc2ccc(Cl)cc2)c1. The van der Waals surface area contributed by atoms with Gasteiger partial charge in [0.1, 0.15) is 12.4 Å². The predicted molar refractivity (Wildman–Crippen MR) is 101 cm³/mol. The lowest BCUT2D eigenvalue weighted by Gasteiger charge is -2.05. The molecule has 0 unspecified atom stereocenters. The Labute approximate surface area is 156 Å². The molecule has 0 radical (unpaired) electrons. The number of rotatable bonds is 7. The Hall–Kier alpha value is -3.12. The molecule has 2 aromatic carbocycles. The van der Waals surface area contributed by atoms with Crippen LogP contribution in [0.15, 0.2) is 66.3 Å². The number of halogens is 1. The van der Waals surface area contributed by atoms with Gasteiger partial charge in [0.05, 0.1) is 6.21 Å². The van der Waals surface area contributed by atoms with E-state index < -0.39 is 11.8 Å². The molecule has 26 heavy (non-hydrogen) atoms. The zero-order chi connectivity index (χ0) is 18.8. The fourth-order valence-electron chi connectivity index (χ4n) is 1.92. The second-order valence-corrected chi connectivity index (χ2v) is 5.62. The second kappa shape index (κ2) is 10.0. The Kier molecular flexibility index (Phi) is 7.39. The fourth-order valence-corrected chi connectivity index (χ4v) is 2.05. The highest BCUT2D eigenvalue weighted by Crippen LogP contribution is 2.12. The van der Waals surface area contributed by atoms with Gasteiger partial charge in [-0.05, 0) is 35.4 Å². The van der Waals surface area contributed by atoms with Gasteiger partial charge < -0.3 is 10.1 Å². The van der Waals surface area contributed by atoms with Crippen LogP contribution in [0.4, 0.5) is 0 Å². The summed E-state index contributed by atoms with van der Waals surface area (Å²) in [4.78, 5) is 23.5. The summed E-state index contributed by atoms with van der Waals surface area (Å²) in [5.41, 5.74) is 3.72. The van der Waals surface area contributed by atoms with Gasteiger partial charge in [-0.15, -0.1) is 0 Å². The van der Waals surface area contributed by atoms with Gasteiger partial charge in [0.15, 0.2) is 0 Å². The normalized spacial score (nSPS) is 10.3. The van der Waals surface area contributed by atoms with Crippen LogP contribution in [0.2, 0.25) is 5.02 Å². The third-order valence-electron chi connectivity index (χ3n) is 3.18. The number of carbonyl (C=O) groups excluding carboxylic acids is 2. The molecular weight excluding hydrogens is 354 g/mol. The molecule has 2 amide bonds. The molecule has 0 aromatic heterocycles. The van der Waals surface area contributed by atoms with Crippen molar-refractivity contribution >= 4 is 29.6 Å². The average Bonchev–Trinajstić information content (AvgIpc) is 2.66. The smallest absolute Gasteiger partial charge is 0.329 e. The number of nitrogens with one attached hydrogen (secondary N) is 2. The van der Waals surface area contributed by atoms with Crippen molar-refractivity contribution in [2.24, 2.45) is 5.10 Å². The van der Waals surface area contributed by atoms with Crippen molar-refractivity contribution in [3.05, 3.63) is 77.3 Å². The van der Waals surface area contributed by atoms with Crippen LogP contribution < -0.4 is 15.5 Å². The summed E-state index contributed by atoms with van der Waals surface area (Å²) in [6.07, 6.45) is 3.06. The van der Waals surface area contributed by atoms with Gasteiger partial charge in [-0.3, -0.25) is 9.59 Å². The number of carbonyl (C=O) groups is 2. The Balaban J connectivity index is 1.81. The minimum atomic E-state index is -0.853. The molecule has 2 N–H and O–H groups in total. The highest BCUT2D eigenvalue weighted by atomic mass is 35.5. The molecule has 2 rings (SSSR count). The quantitative estimate of drug-likeness (QED) is 0.340. The van der Waals surface area contributed by atoms with Crippen LogP contribution in [0.3, 0.4) is 0 Å². The molecule has 0 saturated carbocycles. The third kappa shape index (κ3) is 6.41. The summed E-state index contributed by atoms with van der Waals surface area (Å²) in [6.45, 7) is 4.19. The minimum Gasteiger partial charge on any atom is -0.490 e. The number of hydrogen-bond acceptors (Lipinski definition) is 4. The van der Waals surface area contributed by atoms with Gasteiger partial charge in [-0.1, -0.05) is 48.5 Å². The Morgan fingerprint density at radius 1 is 1.15 bits per heavy atom. The standard InChI is InChI=1S/C19H18ClN3O3/c1-2-10-26-17-5-3-4-15(11-17)13-22-23-19(25)18(24)21-12-14-6-8-16(20)9-7-14/h2-9,11,13H,1,10,12H2,(H,21,24)(H,23,25)/b22-13-. The first-order chi connectivity index (χ1) is 12.6. The van der Waals surface area contributed by atoms with E-state index in [9.17, 15) is 9.59 Å². The molecule has 2 aromatic rings. The molecule has 0 atom stereocenters. The number of hydrazone groups is 1. The third-order valence-corrected chi connectivity index (χ3v) is 3.43. The summed E-state index contributed by atoms with van der Waals surface area (Å²) in [7, 11) is 0. The first-order valence-electron chi connectivity index (χ1n) is 7.78. The molecule has 0 heterocycles. The molecule has 6 nitrogen and oxygen atoms in total. The molecule has 0 spiro atoms. The van der Waals surface area contributed by atoms with E-state index >= 15 is 0 Å². The van der Waals surface area contributed by atoms with Crippen LogP contribution in [0.5, 0.6) is 5.75 Å². The van der Waals surface area contributed by atoms with Gasteiger partial charge in [-0.2, -0.15) is 5.10 Å². The summed E-state index contributed by atoms with van der Waals surface area (Å²) < 4.78 is 5.40. The topological polar surface area (TPSA) is 79.8 Å². The van der Waals surface area contributed by atoms with Crippen LogP contribution >= 0.6 is 11.6 Å². The van der Waals surface area contributed by atoms with E-state index in [-0.39, 0.29) is 6.54 Å². The molecule has 0 aliphatic rings. The maximum absolute atomic E-state index is 11.7.